The van der Waals surface area contributed by atoms with Crippen molar-refractivity contribution in [2.45, 2.75) is 18.5 Å². The first kappa shape index (κ1) is 16.1. The second-order valence-corrected chi connectivity index (χ2v) is 4.65. The molecule has 0 bridgehead atoms. The molecule has 0 aromatic rings. The average Bonchev–Trinajstić information content (AvgIpc) is 2.14. The molecule has 0 rings (SSSR count). The Morgan fingerprint density at radius 3 is 1.67 bits per heavy atom. The van der Waals surface area contributed by atoms with Gasteiger partial charge in [0, 0.05) is 0 Å². The van der Waals surface area contributed by atoms with Gasteiger partial charge in [0.25, 0.3) is 5.66 Å². The van der Waals surface area contributed by atoms with Crippen molar-refractivity contribution in [1.82, 2.24) is 0 Å². The number of carbonyl (C=O) groups is 4. The Kier molecular flexibility index (Phi) is 5.54. The molecule has 100 valence electrons. The summed E-state index contributed by atoms with van der Waals surface area (Å²) in [5.41, 5.74) is -4.76. The third kappa shape index (κ3) is 3.57. The summed E-state index contributed by atoms with van der Waals surface area (Å²) in [5, 5.41) is 26.1. The van der Waals surface area contributed by atoms with Crippen molar-refractivity contribution >= 4 is 32.2 Å². The summed E-state index contributed by atoms with van der Waals surface area (Å²) < 4.78 is 10.9. The molecule has 4 N–H and O–H groups in total. The molecule has 0 spiro atoms. The van der Waals surface area contributed by atoms with E-state index >= 15 is 0 Å². The van der Waals surface area contributed by atoms with E-state index in [-0.39, 0.29) is 6.29 Å². The van der Waals surface area contributed by atoms with Gasteiger partial charge in [-0.1, -0.05) is 0 Å². The highest BCUT2D eigenvalue weighted by atomic mass is 31.1. The molecule has 0 fully saturated rings. The minimum absolute atomic E-state index is 0.210. The fourth-order valence-corrected chi connectivity index (χ4v) is 2.30. The first-order chi connectivity index (χ1) is 8.17. The highest BCUT2D eigenvalue weighted by Crippen LogP contribution is 2.42. The number of carbonyl (C=O) groups excluding carboxylic acids is 1. The van der Waals surface area contributed by atoms with Gasteiger partial charge in [-0.3, -0.25) is 19.2 Å². The van der Waals surface area contributed by atoms with E-state index in [9.17, 15) is 23.7 Å². The van der Waals surface area contributed by atoms with Crippen LogP contribution in [-0.2, 0) is 23.7 Å². The summed E-state index contributed by atoms with van der Waals surface area (Å²) in [6.45, 7) is 0. The number of carboxylic acid groups (broad SMARTS) is 3. The summed E-state index contributed by atoms with van der Waals surface area (Å²) in [6.07, 6.45) is -2.71. The van der Waals surface area contributed by atoms with Crippen LogP contribution in [0.3, 0.4) is 0 Å². The van der Waals surface area contributed by atoms with Crippen LogP contribution < -0.4 is 0 Å². The van der Waals surface area contributed by atoms with Gasteiger partial charge in [-0.25, -0.2) is 0 Å². The fourth-order valence-electron chi connectivity index (χ4n) is 1.48. The van der Waals surface area contributed by atoms with Crippen molar-refractivity contribution < 1.29 is 44.0 Å². The molecule has 0 aliphatic carbocycles. The molecule has 0 aliphatic rings. The number of hydrogen-bond donors (Lipinski definition) is 4. The lowest BCUT2D eigenvalue weighted by Crippen LogP contribution is -2.45. The van der Waals surface area contributed by atoms with Crippen LogP contribution in [0.4, 0.5) is 0 Å². The molecular formula is C8H10O9P+. The van der Waals surface area contributed by atoms with Crippen molar-refractivity contribution in [3.05, 3.63) is 0 Å². The zero-order valence-electron chi connectivity index (χ0n) is 8.85. The zero-order chi connectivity index (χ0) is 14.5. The maximum Gasteiger partial charge on any atom is 0.517 e. The average molecular weight is 281 g/mol. The van der Waals surface area contributed by atoms with Gasteiger partial charge in [-0.15, -0.1) is 0 Å². The van der Waals surface area contributed by atoms with Gasteiger partial charge in [0.05, 0.1) is 12.8 Å². The largest absolute Gasteiger partial charge is 0.517 e. The number of hydrogen-bond acceptors (Lipinski definition) is 5. The van der Waals surface area contributed by atoms with Crippen LogP contribution in [0.15, 0.2) is 0 Å². The molecule has 2 atom stereocenters. The summed E-state index contributed by atoms with van der Waals surface area (Å²) in [6, 6.07) is 0. The number of rotatable bonds is 8. The minimum atomic E-state index is -3.37. The molecule has 0 radical (unpaired) electrons. The Balaban J connectivity index is 5.78. The van der Waals surface area contributed by atoms with Crippen molar-refractivity contribution in [3.8, 4) is 0 Å². The normalized spacial score (nSPS) is 13.5. The molecule has 18 heavy (non-hydrogen) atoms. The van der Waals surface area contributed by atoms with Gasteiger partial charge in [0.2, 0.25) is 0 Å². The predicted octanol–water partition coefficient (Wildman–Crippen LogP) is -0.691. The van der Waals surface area contributed by atoms with Crippen LogP contribution in [0, 0.1) is 5.41 Å². The van der Waals surface area contributed by atoms with E-state index < -0.39 is 49.9 Å². The molecule has 0 aliphatic heterocycles. The molecular weight excluding hydrogens is 271 g/mol. The highest BCUT2D eigenvalue weighted by molar-refractivity contribution is 7.40. The van der Waals surface area contributed by atoms with E-state index in [1.165, 1.54) is 0 Å². The van der Waals surface area contributed by atoms with Crippen LogP contribution in [0.5, 0.6) is 0 Å². The standard InChI is InChI=1S/C8H9O9P/c9-3-4(18(16)17)8(7(14)15,1-5(10)11)2-6(12)13/h3-4H,1-2H2,(H3-,10,11,12,13,14,15,16,17)/p+1. The molecule has 2 unspecified atom stereocenters. The molecule has 0 amide bonds. The van der Waals surface area contributed by atoms with Gasteiger partial charge >= 0.3 is 25.9 Å². The lowest BCUT2D eigenvalue weighted by molar-refractivity contribution is -0.161. The Bertz CT molecular complexity index is 385. The second kappa shape index (κ2) is 6.18. The van der Waals surface area contributed by atoms with Gasteiger partial charge in [0.1, 0.15) is 5.41 Å². The lowest BCUT2D eigenvalue weighted by atomic mass is 9.78. The number of aliphatic carboxylic acids is 3. The van der Waals surface area contributed by atoms with Crippen molar-refractivity contribution in [2.24, 2.45) is 5.41 Å². The monoisotopic (exact) mass is 281 g/mol. The Morgan fingerprint density at radius 1 is 1.11 bits per heavy atom. The van der Waals surface area contributed by atoms with Gasteiger partial charge < -0.3 is 15.3 Å². The first-order valence-electron chi connectivity index (χ1n) is 4.45. The number of aldehydes is 1. The third-order valence-corrected chi connectivity index (χ3v) is 3.38. The van der Waals surface area contributed by atoms with Crippen LogP contribution in [0.1, 0.15) is 12.8 Å². The Hall–Kier alpha value is -1.86. The summed E-state index contributed by atoms with van der Waals surface area (Å²) in [4.78, 5) is 51.8. The van der Waals surface area contributed by atoms with E-state index in [1.54, 1.807) is 0 Å². The molecule has 0 saturated carbocycles. The lowest BCUT2D eigenvalue weighted by Gasteiger charge is -2.24. The van der Waals surface area contributed by atoms with Crippen LogP contribution in [0.25, 0.3) is 0 Å². The van der Waals surface area contributed by atoms with Crippen molar-refractivity contribution in [3.63, 3.8) is 0 Å². The quantitative estimate of drug-likeness (QED) is 0.332. The molecule has 0 aromatic heterocycles. The molecule has 0 saturated heterocycles. The molecule has 9 nitrogen and oxygen atoms in total. The highest BCUT2D eigenvalue weighted by Gasteiger charge is 2.58. The van der Waals surface area contributed by atoms with E-state index in [1.807, 2.05) is 0 Å². The van der Waals surface area contributed by atoms with Crippen molar-refractivity contribution in [1.29, 1.82) is 0 Å². The summed E-state index contributed by atoms with van der Waals surface area (Å²) >= 11 is 0. The molecule has 10 heteroatoms. The van der Waals surface area contributed by atoms with E-state index in [2.05, 4.69) is 0 Å². The Morgan fingerprint density at radius 2 is 1.50 bits per heavy atom. The van der Waals surface area contributed by atoms with Gasteiger partial charge in [-0.2, -0.15) is 4.89 Å². The SMILES string of the molecule is O=CC([P+](=O)O)C(CC(=O)O)(CC(=O)O)C(=O)O. The topological polar surface area (TPSA) is 166 Å². The summed E-state index contributed by atoms with van der Waals surface area (Å²) in [5.74, 6) is -5.31. The van der Waals surface area contributed by atoms with Crippen LogP contribution >= 0.6 is 8.03 Å². The summed E-state index contributed by atoms with van der Waals surface area (Å²) in [7, 11) is -3.37. The van der Waals surface area contributed by atoms with Gasteiger partial charge in [-0.05, 0) is 4.57 Å². The fraction of sp³-hybridized carbons (Fsp3) is 0.500. The first-order valence-corrected chi connectivity index (χ1v) is 5.73. The zero-order valence-corrected chi connectivity index (χ0v) is 9.74. The van der Waals surface area contributed by atoms with E-state index in [0.717, 1.165) is 0 Å². The second-order valence-electron chi connectivity index (χ2n) is 3.49. The van der Waals surface area contributed by atoms with Crippen molar-refractivity contribution in [2.75, 3.05) is 0 Å². The molecule has 0 aromatic carbocycles. The van der Waals surface area contributed by atoms with Crippen LogP contribution in [0.2, 0.25) is 0 Å². The smallest absolute Gasteiger partial charge is 0.481 e. The van der Waals surface area contributed by atoms with E-state index in [0.29, 0.717) is 0 Å². The van der Waals surface area contributed by atoms with E-state index in [4.69, 9.17) is 20.2 Å². The maximum absolute atomic E-state index is 11.1. The maximum atomic E-state index is 11.1. The number of carboxylic acids is 3. The van der Waals surface area contributed by atoms with Crippen LogP contribution in [-0.4, -0.2) is 50.1 Å². The predicted molar refractivity (Wildman–Crippen MR) is 54.3 cm³/mol. The minimum Gasteiger partial charge on any atom is -0.481 e. The van der Waals surface area contributed by atoms with Gasteiger partial charge in [0.15, 0.2) is 6.29 Å². The third-order valence-electron chi connectivity index (χ3n) is 2.29. The molecule has 0 heterocycles. The Labute approximate surface area is 101 Å².